The predicted octanol–water partition coefficient (Wildman–Crippen LogP) is 1.82. The van der Waals surface area contributed by atoms with E-state index in [1.165, 1.54) is 0 Å². The minimum atomic E-state index is -0.427. The van der Waals surface area contributed by atoms with Crippen LogP contribution in [0.4, 0.5) is 11.4 Å². The van der Waals surface area contributed by atoms with Crippen molar-refractivity contribution in [1.82, 2.24) is 9.78 Å². The van der Waals surface area contributed by atoms with E-state index >= 15 is 0 Å². The zero-order chi connectivity index (χ0) is 20.3. The summed E-state index contributed by atoms with van der Waals surface area (Å²) < 4.78 is 1.72. The van der Waals surface area contributed by atoms with Crippen LogP contribution in [0.1, 0.15) is 18.3 Å². The van der Waals surface area contributed by atoms with Gasteiger partial charge in [0.05, 0.1) is 34.2 Å². The van der Waals surface area contributed by atoms with Crippen LogP contribution in [-0.4, -0.2) is 41.2 Å². The summed E-state index contributed by atoms with van der Waals surface area (Å²) in [6.45, 7) is 5.63. The molecule has 0 saturated heterocycles. The molecule has 2 rings (SSSR count). The van der Waals surface area contributed by atoms with Gasteiger partial charge in [0.15, 0.2) is 12.6 Å². The van der Waals surface area contributed by atoms with Crippen LogP contribution in [0.15, 0.2) is 18.2 Å². The fraction of sp³-hybridized carbons (Fsp3) is 0.389. The van der Waals surface area contributed by atoms with Crippen LogP contribution in [0.5, 0.6) is 0 Å². The average molecular weight is 413 g/mol. The maximum atomic E-state index is 12.6. The number of benzene rings is 1. The van der Waals surface area contributed by atoms with Gasteiger partial charge in [-0.15, -0.1) is 0 Å². The normalized spacial score (nSPS) is 13.1. The highest BCUT2D eigenvalue weighted by Crippen LogP contribution is 2.24. The smallest absolute Gasteiger partial charge is 0.282 e. The number of hydrogen-bond acceptors (Lipinski definition) is 3. The third-order valence-electron chi connectivity index (χ3n) is 4.53. The van der Waals surface area contributed by atoms with Crippen LogP contribution in [-0.2, 0) is 16.6 Å². The molecule has 1 aromatic heterocycles. The van der Waals surface area contributed by atoms with Crippen LogP contribution < -0.4 is 15.5 Å². The molecule has 146 valence electrons. The van der Waals surface area contributed by atoms with E-state index in [2.05, 4.69) is 15.7 Å². The minimum Gasteiger partial charge on any atom is -0.321 e. The number of carbonyl (C=O) groups excluding carboxylic acids is 2. The van der Waals surface area contributed by atoms with Crippen molar-refractivity contribution in [3.8, 4) is 0 Å². The van der Waals surface area contributed by atoms with Crippen LogP contribution >= 0.6 is 23.2 Å². The van der Waals surface area contributed by atoms with Gasteiger partial charge >= 0.3 is 0 Å². The van der Waals surface area contributed by atoms with E-state index in [4.69, 9.17) is 23.2 Å². The molecule has 7 nitrogen and oxygen atoms in total. The number of aryl methyl sites for hydroxylation is 2. The lowest BCUT2D eigenvalue weighted by molar-refractivity contribution is -0.885. The molecule has 0 aliphatic rings. The molecule has 2 amide bonds. The van der Waals surface area contributed by atoms with Crippen LogP contribution in [0, 0.1) is 13.8 Å². The summed E-state index contributed by atoms with van der Waals surface area (Å²) in [5.41, 5.74) is 2.90. The third kappa shape index (κ3) is 5.22. The van der Waals surface area contributed by atoms with Gasteiger partial charge in [-0.3, -0.25) is 14.3 Å². The largest absolute Gasteiger partial charge is 0.321 e. The molecule has 3 N–H and O–H groups in total. The molecule has 0 fully saturated rings. The molecule has 0 saturated carbocycles. The maximum absolute atomic E-state index is 12.6. The molecule has 0 radical (unpaired) electrons. The second-order valence-electron chi connectivity index (χ2n) is 6.58. The lowest BCUT2D eigenvalue weighted by Crippen LogP contribution is -3.14. The van der Waals surface area contributed by atoms with Gasteiger partial charge in [0.1, 0.15) is 0 Å². The number of anilines is 2. The number of halogens is 2. The summed E-state index contributed by atoms with van der Waals surface area (Å²) in [6, 6.07) is 4.45. The Bertz CT molecular complexity index is 866. The molecule has 1 aromatic carbocycles. The Morgan fingerprint density at radius 2 is 1.89 bits per heavy atom. The van der Waals surface area contributed by atoms with Gasteiger partial charge in [0, 0.05) is 12.7 Å². The number of hydrogen-bond donors (Lipinski definition) is 3. The first kappa shape index (κ1) is 21.2. The van der Waals surface area contributed by atoms with Crippen molar-refractivity contribution in [1.29, 1.82) is 0 Å². The van der Waals surface area contributed by atoms with Crippen LogP contribution in [0.2, 0.25) is 10.0 Å². The standard InChI is InChI=1S/C18H23Cl2N5O2/c1-10-17(11(2)25(5)23-10)22-18(27)12(3)24(4)9-16(26)21-13-6-7-14(19)15(20)8-13/h6-8,12H,9H2,1-5H3,(H,21,26)(H,22,27)/p+1/t12-/m1/s1. The fourth-order valence-corrected chi connectivity index (χ4v) is 2.89. The maximum Gasteiger partial charge on any atom is 0.282 e. The highest BCUT2D eigenvalue weighted by Gasteiger charge is 2.25. The molecule has 0 aliphatic heterocycles. The van der Waals surface area contributed by atoms with Gasteiger partial charge in [-0.2, -0.15) is 5.10 Å². The number of nitrogens with zero attached hydrogens (tertiary/aromatic N) is 2. The zero-order valence-corrected chi connectivity index (χ0v) is 17.5. The highest BCUT2D eigenvalue weighted by molar-refractivity contribution is 6.42. The topological polar surface area (TPSA) is 80.5 Å². The summed E-state index contributed by atoms with van der Waals surface area (Å²) in [6.07, 6.45) is 0. The first-order chi connectivity index (χ1) is 12.6. The van der Waals surface area contributed by atoms with Gasteiger partial charge in [0.25, 0.3) is 11.8 Å². The molecule has 0 aliphatic carbocycles. The number of aromatic nitrogens is 2. The van der Waals surface area contributed by atoms with E-state index in [1.54, 1.807) is 36.9 Å². The Morgan fingerprint density at radius 1 is 1.22 bits per heavy atom. The first-order valence-corrected chi connectivity index (χ1v) is 9.24. The second-order valence-corrected chi connectivity index (χ2v) is 7.39. The van der Waals surface area contributed by atoms with E-state index < -0.39 is 6.04 Å². The molecular formula is C18H24Cl2N5O2+. The lowest BCUT2D eigenvalue weighted by Gasteiger charge is -2.20. The van der Waals surface area contributed by atoms with E-state index in [0.717, 1.165) is 16.3 Å². The Hall–Kier alpha value is -2.09. The van der Waals surface area contributed by atoms with Gasteiger partial charge in [0.2, 0.25) is 0 Å². The van der Waals surface area contributed by atoms with Crippen LogP contribution in [0.25, 0.3) is 0 Å². The Labute approximate surface area is 168 Å². The summed E-state index contributed by atoms with van der Waals surface area (Å²) in [7, 11) is 3.62. The molecule has 2 atom stereocenters. The number of carbonyl (C=O) groups is 2. The summed E-state index contributed by atoms with van der Waals surface area (Å²) in [5, 5.41) is 10.7. The monoisotopic (exact) mass is 412 g/mol. The van der Waals surface area contributed by atoms with E-state index in [-0.39, 0.29) is 18.4 Å². The van der Waals surface area contributed by atoms with E-state index in [9.17, 15) is 9.59 Å². The number of likely N-dealkylation sites (N-methyl/N-ethyl adjacent to an activating group) is 1. The van der Waals surface area contributed by atoms with Gasteiger partial charge < -0.3 is 15.5 Å². The molecule has 9 heteroatoms. The number of nitrogens with one attached hydrogen (secondary N) is 3. The molecule has 2 aromatic rings. The van der Waals surface area contributed by atoms with Crippen molar-refractivity contribution in [3.63, 3.8) is 0 Å². The summed E-state index contributed by atoms with van der Waals surface area (Å²) in [4.78, 5) is 25.6. The van der Waals surface area contributed by atoms with Crippen molar-refractivity contribution in [2.75, 3.05) is 24.2 Å². The van der Waals surface area contributed by atoms with E-state index in [1.807, 2.05) is 20.9 Å². The number of quaternary nitrogens is 1. The van der Waals surface area contributed by atoms with Crippen molar-refractivity contribution >= 4 is 46.4 Å². The van der Waals surface area contributed by atoms with Crippen molar-refractivity contribution in [2.24, 2.45) is 7.05 Å². The molecule has 1 unspecified atom stereocenters. The molecule has 27 heavy (non-hydrogen) atoms. The molecule has 0 spiro atoms. The van der Waals surface area contributed by atoms with Crippen molar-refractivity contribution in [3.05, 3.63) is 39.6 Å². The van der Waals surface area contributed by atoms with Crippen LogP contribution in [0.3, 0.4) is 0 Å². The van der Waals surface area contributed by atoms with Crippen molar-refractivity contribution < 1.29 is 14.5 Å². The first-order valence-electron chi connectivity index (χ1n) is 8.48. The Kier molecular flexibility index (Phi) is 6.86. The average Bonchev–Trinajstić information content (AvgIpc) is 2.83. The quantitative estimate of drug-likeness (QED) is 0.676. The second kappa shape index (κ2) is 8.73. The summed E-state index contributed by atoms with van der Waals surface area (Å²) >= 11 is 11.8. The Morgan fingerprint density at radius 3 is 2.44 bits per heavy atom. The lowest BCUT2D eigenvalue weighted by atomic mass is 10.2. The zero-order valence-electron chi connectivity index (χ0n) is 16.0. The fourth-order valence-electron chi connectivity index (χ4n) is 2.60. The van der Waals surface area contributed by atoms with Crippen molar-refractivity contribution in [2.45, 2.75) is 26.8 Å². The highest BCUT2D eigenvalue weighted by atomic mass is 35.5. The van der Waals surface area contributed by atoms with Gasteiger partial charge in [-0.1, -0.05) is 23.2 Å². The van der Waals surface area contributed by atoms with Gasteiger partial charge in [-0.05, 0) is 39.0 Å². The summed E-state index contributed by atoms with van der Waals surface area (Å²) in [5.74, 6) is -0.395. The Balaban J connectivity index is 1.95. The molecule has 1 heterocycles. The molecular weight excluding hydrogens is 389 g/mol. The minimum absolute atomic E-state index is 0.125. The third-order valence-corrected chi connectivity index (χ3v) is 5.27. The van der Waals surface area contributed by atoms with Gasteiger partial charge in [-0.25, -0.2) is 0 Å². The molecule has 0 bridgehead atoms. The predicted molar refractivity (Wildman–Crippen MR) is 108 cm³/mol. The SMILES string of the molecule is Cc1nn(C)c(C)c1NC(=O)[C@@H](C)[NH+](C)CC(=O)Nc1ccc(Cl)c(Cl)c1. The number of amides is 2. The number of rotatable bonds is 6. The van der Waals surface area contributed by atoms with E-state index in [0.29, 0.717) is 21.4 Å².